The van der Waals surface area contributed by atoms with E-state index in [2.05, 4.69) is 24.0 Å². The highest BCUT2D eigenvalue weighted by Crippen LogP contribution is 2.28. The molecule has 82 valence electrons. The molecule has 0 fully saturated rings. The Hall–Kier alpha value is -1.02. The van der Waals surface area contributed by atoms with Gasteiger partial charge in [0.05, 0.1) is 10.5 Å². The lowest BCUT2D eigenvalue weighted by atomic mass is 10.1. The molecular formula is C12H17ClN2. The van der Waals surface area contributed by atoms with E-state index in [0.29, 0.717) is 5.92 Å². The molecule has 1 N–H and O–H groups in total. The molecule has 1 aromatic heterocycles. The van der Waals surface area contributed by atoms with E-state index in [4.69, 9.17) is 11.6 Å². The SMILES string of the molecule is CC.CC(C)c1[nH]nc2cccc(Cl)c12. The van der Waals surface area contributed by atoms with Gasteiger partial charge in [-0.15, -0.1) is 0 Å². The van der Waals surface area contributed by atoms with Gasteiger partial charge in [0.15, 0.2) is 0 Å². The lowest BCUT2D eigenvalue weighted by molar-refractivity contribution is 0.818. The Labute approximate surface area is 95.6 Å². The van der Waals surface area contributed by atoms with Crippen LogP contribution < -0.4 is 0 Å². The molecule has 0 spiro atoms. The molecule has 0 amide bonds. The lowest BCUT2D eigenvalue weighted by Crippen LogP contribution is -1.87. The van der Waals surface area contributed by atoms with Gasteiger partial charge in [-0.2, -0.15) is 5.10 Å². The Kier molecular flexibility index (Phi) is 4.15. The highest BCUT2D eigenvalue weighted by Gasteiger charge is 2.10. The summed E-state index contributed by atoms with van der Waals surface area (Å²) in [7, 11) is 0. The quantitative estimate of drug-likeness (QED) is 0.766. The number of halogens is 1. The Bertz CT molecular complexity index is 432. The van der Waals surface area contributed by atoms with Crippen LogP contribution in [0.5, 0.6) is 0 Å². The molecule has 15 heavy (non-hydrogen) atoms. The van der Waals surface area contributed by atoms with Crippen molar-refractivity contribution in [2.45, 2.75) is 33.6 Å². The Morgan fingerprint density at radius 2 is 1.93 bits per heavy atom. The molecule has 0 aliphatic heterocycles. The zero-order valence-electron chi connectivity index (χ0n) is 9.63. The molecule has 1 aromatic carbocycles. The van der Waals surface area contributed by atoms with E-state index in [0.717, 1.165) is 21.6 Å². The normalized spacial score (nSPS) is 10.3. The first-order valence-electron chi connectivity index (χ1n) is 5.32. The van der Waals surface area contributed by atoms with Crippen molar-refractivity contribution in [3.63, 3.8) is 0 Å². The second kappa shape index (κ2) is 5.17. The van der Waals surface area contributed by atoms with Gasteiger partial charge in [0, 0.05) is 11.1 Å². The molecule has 2 rings (SSSR count). The standard InChI is InChI=1S/C10H11ClN2.C2H6/c1-6(2)10-9-7(11)4-3-5-8(9)12-13-10;1-2/h3-6H,1-2H3,(H,12,13);1-2H3. The second-order valence-corrected chi connectivity index (χ2v) is 3.83. The number of rotatable bonds is 1. The van der Waals surface area contributed by atoms with Crippen LogP contribution in [-0.4, -0.2) is 10.2 Å². The first kappa shape index (κ1) is 12.1. The molecule has 3 heteroatoms. The van der Waals surface area contributed by atoms with Gasteiger partial charge in [0.1, 0.15) is 0 Å². The molecule has 0 bridgehead atoms. The van der Waals surface area contributed by atoms with Crippen LogP contribution in [0.2, 0.25) is 5.02 Å². The number of H-pyrrole nitrogens is 1. The summed E-state index contributed by atoms with van der Waals surface area (Å²) >= 11 is 6.09. The fraction of sp³-hybridized carbons (Fsp3) is 0.417. The van der Waals surface area contributed by atoms with Crippen molar-refractivity contribution < 1.29 is 0 Å². The minimum atomic E-state index is 0.421. The summed E-state index contributed by atoms with van der Waals surface area (Å²) in [6, 6.07) is 5.77. The number of hydrogen-bond donors (Lipinski definition) is 1. The molecule has 0 aliphatic carbocycles. The Morgan fingerprint density at radius 3 is 2.53 bits per heavy atom. The number of aromatic nitrogens is 2. The molecule has 0 saturated heterocycles. The van der Waals surface area contributed by atoms with Crippen molar-refractivity contribution in [1.29, 1.82) is 0 Å². The minimum absolute atomic E-state index is 0.421. The average molecular weight is 225 g/mol. The van der Waals surface area contributed by atoms with Gasteiger partial charge in [-0.1, -0.05) is 45.4 Å². The van der Waals surface area contributed by atoms with Crippen LogP contribution in [0, 0.1) is 0 Å². The van der Waals surface area contributed by atoms with Crippen molar-refractivity contribution in [2.24, 2.45) is 0 Å². The molecular weight excluding hydrogens is 208 g/mol. The van der Waals surface area contributed by atoms with E-state index in [1.54, 1.807) is 0 Å². The van der Waals surface area contributed by atoms with E-state index in [9.17, 15) is 0 Å². The summed E-state index contributed by atoms with van der Waals surface area (Å²) in [5.74, 6) is 0.421. The summed E-state index contributed by atoms with van der Waals surface area (Å²) < 4.78 is 0. The molecule has 2 aromatic rings. The Balaban J connectivity index is 0.000000531. The van der Waals surface area contributed by atoms with E-state index in [-0.39, 0.29) is 0 Å². The number of fused-ring (bicyclic) bond motifs is 1. The lowest BCUT2D eigenvalue weighted by Gasteiger charge is -2.01. The summed E-state index contributed by atoms with van der Waals surface area (Å²) in [5.41, 5.74) is 2.05. The summed E-state index contributed by atoms with van der Waals surface area (Å²) in [6.07, 6.45) is 0. The molecule has 0 atom stereocenters. The van der Waals surface area contributed by atoms with Crippen molar-refractivity contribution in [1.82, 2.24) is 10.2 Å². The first-order valence-corrected chi connectivity index (χ1v) is 5.70. The van der Waals surface area contributed by atoms with Gasteiger partial charge in [-0.25, -0.2) is 0 Å². The summed E-state index contributed by atoms with van der Waals surface area (Å²) in [5, 5.41) is 9.04. The predicted octanol–water partition coefficient (Wildman–Crippen LogP) is 4.37. The topological polar surface area (TPSA) is 28.7 Å². The van der Waals surface area contributed by atoms with Crippen LogP contribution in [0.15, 0.2) is 18.2 Å². The molecule has 0 radical (unpaired) electrons. The minimum Gasteiger partial charge on any atom is -0.281 e. The van der Waals surface area contributed by atoms with Gasteiger partial charge in [0.25, 0.3) is 0 Å². The third-order valence-electron chi connectivity index (χ3n) is 2.14. The fourth-order valence-corrected chi connectivity index (χ4v) is 1.74. The van der Waals surface area contributed by atoms with Crippen LogP contribution in [0.4, 0.5) is 0 Å². The van der Waals surface area contributed by atoms with Crippen molar-refractivity contribution in [3.05, 3.63) is 28.9 Å². The van der Waals surface area contributed by atoms with Crippen LogP contribution in [0.1, 0.15) is 39.3 Å². The van der Waals surface area contributed by atoms with Crippen LogP contribution >= 0.6 is 11.6 Å². The molecule has 0 saturated carbocycles. The number of aromatic amines is 1. The van der Waals surface area contributed by atoms with Gasteiger partial charge in [-0.05, 0) is 18.1 Å². The van der Waals surface area contributed by atoms with Gasteiger partial charge < -0.3 is 0 Å². The Morgan fingerprint density at radius 1 is 1.27 bits per heavy atom. The van der Waals surface area contributed by atoms with Crippen molar-refractivity contribution >= 4 is 22.5 Å². The van der Waals surface area contributed by atoms with E-state index in [1.165, 1.54) is 0 Å². The zero-order valence-corrected chi connectivity index (χ0v) is 10.4. The maximum Gasteiger partial charge on any atom is 0.0938 e. The summed E-state index contributed by atoms with van der Waals surface area (Å²) in [6.45, 7) is 8.24. The van der Waals surface area contributed by atoms with E-state index < -0.39 is 0 Å². The molecule has 1 heterocycles. The van der Waals surface area contributed by atoms with Crippen LogP contribution in [-0.2, 0) is 0 Å². The number of nitrogens with zero attached hydrogens (tertiary/aromatic N) is 1. The second-order valence-electron chi connectivity index (χ2n) is 3.43. The van der Waals surface area contributed by atoms with Crippen LogP contribution in [0.3, 0.4) is 0 Å². The van der Waals surface area contributed by atoms with E-state index >= 15 is 0 Å². The predicted molar refractivity (Wildman–Crippen MR) is 66.5 cm³/mol. The molecule has 2 nitrogen and oxygen atoms in total. The first-order chi connectivity index (χ1) is 7.20. The highest BCUT2D eigenvalue weighted by atomic mass is 35.5. The maximum absolute atomic E-state index is 6.09. The largest absolute Gasteiger partial charge is 0.281 e. The fourth-order valence-electron chi connectivity index (χ4n) is 1.47. The number of benzene rings is 1. The zero-order chi connectivity index (χ0) is 11.4. The smallest absolute Gasteiger partial charge is 0.0938 e. The third kappa shape index (κ3) is 2.32. The van der Waals surface area contributed by atoms with Gasteiger partial charge in [0.2, 0.25) is 0 Å². The van der Waals surface area contributed by atoms with Gasteiger partial charge >= 0.3 is 0 Å². The molecule has 0 unspecified atom stereocenters. The maximum atomic E-state index is 6.09. The monoisotopic (exact) mass is 224 g/mol. The van der Waals surface area contributed by atoms with Crippen molar-refractivity contribution in [3.8, 4) is 0 Å². The van der Waals surface area contributed by atoms with Crippen LogP contribution in [0.25, 0.3) is 10.9 Å². The van der Waals surface area contributed by atoms with Gasteiger partial charge in [-0.3, -0.25) is 5.10 Å². The average Bonchev–Trinajstić information content (AvgIpc) is 2.66. The van der Waals surface area contributed by atoms with E-state index in [1.807, 2.05) is 32.0 Å². The number of hydrogen-bond acceptors (Lipinski definition) is 1. The third-order valence-corrected chi connectivity index (χ3v) is 2.45. The number of nitrogens with one attached hydrogen (secondary N) is 1. The highest BCUT2D eigenvalue weighted by molar-refractivity contribution is 6.35. The van der Waals surface area contributed by atoms with Crippen molar-refractivity contribution in [2.75, 3.05) is 0 Å². The summed E-state index contributed by atoms with van der Waals surface area (Å²) in [4.78, 5) is 0. The molecule has 0 aliphatic rings.